The fraction of sp³-hybridized carbons (Fsp3) is 0.647. The predicted molar refractivity (Wildman–Crippen MR) is 82.0 cm³/mol. The monoisotopic (exact) mass is 292 g/mol. The van der Waals surface area contributed by atoms with Crippen molar-refractivity contribution in [2.75, 3.05) is 13.7 Å². The van der Waals surface area contributed by atoms with Crippen LogP contribution >= 0.6 is 0 Å². The normalized spacial score (nSPS) is 28.8. The minimum absolute atomic E-state index is 0.264. The summed E-state index contributed by atoms with van der Waals surface area (Å²) in [7, 11) is 2.25. The van der Waals surface area contributed by atoms with E-state index in [1.807, 2.05) is 13.0 Å². The lowest BCUT2D eigenvalue weighted by Gasteiger charge is -2.36. The van der Waals surface area contributed by atoms with Crippen molar-refractivity contribution in [1.82, 2.24) is 10.2 Å². The maximum absolute atomic E-state index is 13.8. The average molecular weight is 292 g/mol. The predicted octanol–water partition coefficient (Wildman–Crippen LogP) is 2.94. The quantitative estimate of drug-likeness (QED) is 0.903. The third kappa shape index (κ3) is 3.22. The summed E-state index contributed by atoms with van der Waals surface area (Å²) in [5, 5.41) is 3.60. The van der Waals surface area contributed by atoms with E-state index in [0.29, 0.717) is 18.4 Å². The van der Waals surface area contributed by atoms with Crippen molar-refractivity contribution < 1.29 is 9.13 Å². The minimum Gasteiger partial charge on any atom is -0.491 e. The van der Waals surface area contributed by atoms with E-state index in [1.165, 1.54) is 25.7 Å². The van der Waals surface area contributed by atoms with Gasteiger partial charge in [0.25, 0.3) is 0 Å². The van der Waals surface area contributed by atoms with Crippen LogP contribution in [-0.2, 0) is 6.54 Å². The fourth-order valence-electron chi connectivity index (χ4n) is 3.77. The van der Waals surface area contributed by atoms with Gasteiger partial charge in [-0.15, -0.1) is 0 Å². The van der Waals surface area contributed by atoms with Gasteiger partial charge in [0.1, 0.15) is 0 Å². The van der Waals surface area contributed by atoms with Crippen molar-refractivity contribution in [2.24, 2.45) is 0 Å². The molecule has 2 aliphatic heterocycles. The molecule has 2 aliphatic rings. The largest absolute Gasteiger partial charge is 0.491 e. The molecule has 21 heavy (non-hydrogen) atoms. The highest BCUT2D eigenvalue weighted by Crippen LogP contribution is 2.34. The first kappa shape index (κ1) is 14.8. The van der Waals surface area contributed by atoms with Gasteiger partial charge < -0.3 is 15.0 Å². The first-order valence-electron chi connectivity index (χ1n) is 8.04. The van der Waals surface area contributed by atoms with Gasteiger partial charge in [0.2, 0.25) is 0 Å². The number of rotatable bonds is 5. The molecule has 0 aromatic heterocycles. The Kier molecular flexibility index (Phi) is 4.45. The number of piperidine rings is 1. The molecule has 1 N–H and O–H groups in total. The molecule has 2 bridgehead atoms. The Morgan fingerprint density at radius 2 is 2.00 bits per heavy atom. The van der Waals surface area contributed by atoms with E-state index < -0.39 is 0 Å². The van der Waals surface area contributed by atoms with Gasteiger partial charge in [-0.2, -0.15) is 0 Å². The van der Waals surface area contributed by atoms with Crippen LogP contribution in [-0.4, -0.2) is 36.7 Å². The third-order valence-corrected chi connectivity index (χ3v) is 4.99. The van der Waals surface area contributed by atoms with Gasteiger partial charge in [0.15, 0.2) is 11.6 Å². The number of ether oxygens (including phenoxy) is 1. The zero-order chi connectivity index (χ0) is 14.8. The highest BCUT2D eigenvalue weighted by atomic mass is 19.1. The van der Waals surface area contributed by atoms with Crippen LogP contribution in [0.3, 0.4) is 0 Å². The van der Waals surface area contributed by atoms with Gasteiger partial charge in [0, 0.05) is 24.7 Å². The zero-order valence-electron chi connectivity index (χ0n) is 12.9. The first-order valence-corrected chi connectivity index (χ1v) is 8.04. The van der Waals surface area contributed by atoms with Gasteiger partial charge >= 0.3 is 0 Å². The summed E-state index contributed by atoms with van der Waals surface area (Å²) >= 11 is 0. The number of nitrogens with one attached hydrogen (secondary N) is 1. The smallest absolute Gasteiger partial charge is 0.165 e. The number of hydrogen-bond acceptors (Lipinski definition) is 3. The van der Waals surface area contributed by atoms with Crippen LogP contribution in [0.15, 0.2) is 18.2 Å². The fourth-order valence-corrected chi connectivity index (χ4v) is 3.77. The summed E-state index contributed by atoms with van der Waals surface area (Å²) in [5.74, 6) is 0.0817. The molecule has 2 saturated heterocycles. The highest BCUT2D eigenvalue weighted by Gasteiger charge is 2.37. The molecule has 1 unspecified atom stereocenters. The summed E-state index contributed by atoms with van der Waals surface area (Å²) in [6.45, 7) is 3.09. The number of hydrogen-bond donors (Lipinski definition) is 1. The van der Waals surface area contributed by atoms with Gasteiger partial charge in [-0.1, -0.05) is 6.07 Å². The molecule has 3 rings (SSSR count). The van der Waals surface area contributed by atoms with Crippen molar-refractivity contribution >= 4 is 0 Å². The Hall–Kier alpha value is -1.13. The van der Waals surface area contributed by atoms with Crippen LogP contribution in [0.5, 0.6) is 5.75 Å². The molecule has 3 atom stereocenters. The molecule has 2 fully saturated rings. The number of nitrogens with zero attached hydrogens (tertiary/aromatic N) is 1. The van der Waals surface area contributed by atoms with Crippen LogP contribution in [0, 0.1) is 5.82 Å². The van der Waals surface area contributed by atoms with Crippen molar-refractivity contribution in [2.45, 2.75) is 57.3 Å². The van der Waals surface area contributed by atoms with E-state index >= 15 is 0 Å². The van der Waals surface area contributed by atoms with Gasteiger partial charge in [-0.25, -0.2) is 4.39 Å². The van der Waals surface area contributed by atoms with Crippen molar-refractivity contribution in [3.05, 3.63) is 29.6 Å². The molecular formula is C17H25FN2O. The molecule has 4 heteroatoms. The van der Waals surface area contributed by atoms with E-state index in [0.717, 1.165) is 24.2 Å². The van der Waals surface area contributed by atoms with Crippen LogP contribution in [0.1, 0.15) is 38.2 Å². The number of halogens is 1. The Bertz CT molecular complexity index is 480. The standard InChI is InChI=1S/C17H25FN2O/c1-3-21-17-7-4-12(8-16(17)18)11-19-13-9-14-5-6-15(10-13)20(14)2/h4,7-8,13-15,19H,3,5-6,9-11H2,1-2H3/t13?,14-,15+. The zero-order valence-corrected chi connectivity index (χ0v) is 12.9. The second-order valence-electron chi connectivity index (χ2n) is 6.30. The molecule has 0 aliphatic carbocycles. The molecule has 3 nitrogen and oxygen atoms in total. The molecule has 1 aromatic rings. The topological polar surface area (TPSA) is 24.5 Å². The number of fused-ring (bicyclic) bond motifs is 2. The van der Waals surface area contributed by atoms with Crippen LogP contribution in [0.25, 0.3) is 0 Å². The minimum atomic E-state index is -0.264. The lowest BCUT2D eigenvalue weighted by molar-refractivity contribution is 0.148. The summed E-state index contributed by atoms with van der Waals surface area (Å²) in [6.07, 6.45) is 5.09. The summed E-state index contributed by atoms with van der Waals surface area (Å²) < 4.78 is 19.1. The molecule has 0 saturated carbocycles. The average Bonchev–Trinajstić information content (AvgIpc) is 2.70. The van der Waals surface area contributed by atoms with Crippen LogP contribution in [0.4, 0.5) is 4.39 Å². The highest BCUT2D eigenvalue weighted by molar-refractivity contribution is 5.29. The maximum Gasteiger partial charge on any atom is 0.165 e. The molecule has 0 spiro atoms. The van der Waals surface area contributed by atoms with Gasteiger partial charge in [-0.3, -0.25) is 0 Å². The summed E-state index contributed by atoms with van der Waals surface area (Å²) in [5.41, 5.74) is 0.988. The Labute approximate surface area is 126 Å². The van der Waals surface area contributed by atoms with Gasteiger partial charge in [0.05, 0.1) is 6.61 Å². The molecule has 2 heterocycles. The molecule has 1 aromatic carbocycles. The lowest BCUT2D eigenvalue weighted by atomic mass is 9.98. The maximum atomic E-state index is 13.8. The van der Waals surface area contributed by atoms with Gasteiger partial charge in [-0.05, 0) is 57.4 Å². The SMILES string of the molecule is CCOc1ccc(CNC2C[C@H]3CC[C@@H](C2)N3C)cc1F. The summed E-state index contributed by atoms with van der Waals surface area (Å²) in [6, 6.07) is 7.30. The second-order valence-corrected chi connectivity index (χ2v) is 6.30. The first-order chi connectivity index (χ1) is 10.2. The summed E-state index contributed by atoms with van der Waals surface area (Å²) in [4.78, 5) is 2.54. The van der Waals surface area contributed by atoms with Crippen LogP contribution in [0.2, 0.25) is 0 Å². The van der Waals surface area contributed by atoms with E-state index in [1.54, 1.807) is 12.1 Å². The van der Waals surface area contributed by atoms with Crippen molar-refractivity contribution in [1.29, 1.82) is 0 Å². The third-order valence-electron chi connectivity index (χ3n) is 4.99. The van der Waals surface area contributed by atoms with E-state index in [-0.39, 0.29) is 5.82 Å². The Morgan fingerprint density at radius 3 is 2.62 bits per heavy atom. The Balaban J connectivity index is 1.55. The lowest BCUT2D eigenvalue weighted by Crippen LogP contribution is -2.46. The molecular weight excluding hydrogens is 267 g/mol. The van der Waals surface area contributed by atoms with Crippen molar-refractivity contribution in [3.63, 3.8) is 0 Å². The van der Waals surface area contributed by atoms with E-state index in [9.17, 15) is 4.39 Å². The Morgan fingerprint density at radius 1 is 1.29 bits per heavy atom. The number of benzene rings is 1. The van der Waals surface area contributed by atoms with Crippen molar-refractivity contribution in [3.8, 4) is 5.75 Å². The van der Waals surface area contributed by atoms with E-state index in [4.69, 9.17) is 4.74 Å². The van der Waals surface area contributed by atoms with Crippen LogP contribution < -0.4 is 10.1 Å². The molecule has 116 valence electrons. The van der Waals surface area contributed by atoms with E-state index in [2.05, 4.69) is 17.3 Å². The molecule has 0 radical (unpaired) electrons. The second kappa shape index (κ2) is 6.32. The molecule has 0 amide bonds.